The first kappa shape index (κ1) is 19.6. The largest absolute Gasteiger partial charge is 0.497 e. The van der Waals surface area contributed by atoms with Gasteiger partial charge in [-0.05, 0) is 60.8 Å². The topological polar surface area (TPSA) is 45.6 Å². The summed E-state index contributed by atoms with van der Waals surface area (Å²) in [6.07, 6.45) is 2.36. The molecule has 3 aromatic rings. The number of ether oxygens (including phenoxy) is 1. The van der Waals surface area contributed by atoms with Crippen LogP contribution in [-0.4, -0.2) is 35.2 Å². The molecule has 0 amide bonds. The average molecular weight is 389 g/mol. The average Bonchev–Trinajstić information content (AvgIpc) is 2.80. The molecule has 0 saturated carbocycles. The molecule has 1 saturated heterocycles. The molecule has 0 aliphatic carbocycles. The number of pyridine rings is 1. The second kappa shape index (κ2) is 9.21. The van der Waals surface area contributed by atoms with Crippen LogP contribution in [0.15, 0.2) is 66.7 Å². The maximum Gasteiger partial charge on any atom is 0.118 e. The molecule has 4 rings (SSSR count). The van der Waals surface area contributed by atoms with Crippen LogP contribution in [-0.2, 0) is 13.2 Å². The van der Waals surface area contributed by atoms with E-state index in [1.54, 1.807) is 7.11 Å². The standard InChI is InChI=1S/C25H28N2O2/c1-29-23-12-10-19(11-13-23)16-27-14-4-7-22(17-27)25-9-3-8-24(26-25)21-6-2-5-20(15-21)18-28/h2-3,5-6,8-13,15,22,28H,4,7,14,16-18H2,1H3/t22-/m0/s1. The molecular formula is C25H28N2O2. The Balaban J connectivity index is 1.47. The Bertz CT molecular complexity index is 940. The first-order valence-corrected chi connectivity index (χ1v) is 10.3. The number of aromatic nitrogens is 1. The van der Waals surface area contributed by atoms with Crippen molar-refractivity contribution in [2.24, 2.45) is 0 Å². The highest BCUT2D eigenvalue weighted by molar-refractivity contribution is 5.60. The van der Waals surface area contributed by atoms with Crippen LogP contribution in [0, 0.1) is 0 Å². The fourth-order valence-electron chi connectivity index (χ4n) is 4.10. The van der Waals surface area contributed by atoms with Crippen LogP contribution < -0.4 is 4.74 Å². The number of aliphatic hydroxyl groups is 1. The van der Waals surface area contributed by atoms with Gasteiger partial charge in [0.1, 0.15) is 5.75 Å². The van der Waals surface area contributed by atoms with Crippen LogP contribution in [0.25, 0.3) is 11.3 Å². The van der Waals surface area contributed by atoms with Gasteiger partial charge in [-0.1, -0.05) is 36.4 Å². The summed E-state index contributed by atoms with van der Waals surface area (Å²) in [7, 11) is 1.70. The van der Waals surface area contributed by atoms with Crippen molar-refractivity contribution in [3.05, 3.63) is 83.6 Å². The van der Waals surface area contributed by atoms with Crippen molar-refractivity contribution in [1.29, 1.82) is 0 Å². The first-order valence-electron chi connectivity index (χ1n) is 10.3. The third-order valence-corrected chi connectivity index (χ3v) is 5.66. The lowest BCUT2D eigenvalue weighted by Gasteiger charge is -2.32. The van der Waals surface area contributed by atoms with Gasteiger partial charge < -0.3 is 9.84 Å². The minimum atomic E-state index is 0.0521. The predicted octanol–water partition coefficient (Wildman–Crippen LogP) is 4.63. The summed E-state index contributed by atoms with van der Waals surface area (Å²) < 4.78 is 5.26. The van der Waals surface area contributed by atoms with Gasteiger partial charge in [-0.3, -0.25) is 9.88 Å². The number of piperidine rings is 1. The molecule has 0 radical (unpaired) electrons. The van der Waals surface area contributed by atoms with Crippen LogP contribution >= 0.6 is 0 Å². The molecule has 2 aromatic carbocycles. The van der Waals surface area contributed by atoms with Gasteiger partial charge in [-0.15, -0.1) is 0 Å². The van der Waals surface area contributed by atoms with E-state index in [4.69, 9.17) is 9.72 Å². The van der Waals surface area contributed by atoms with E-state index < -0.39 is 0 Å². The summed E-state index contributed by atoms with van der Waals surface area (Å²) in [5, 5.41) is 9.41. The van der Waals surface area contributed by atoms with Crippen molar-refractivity contribution >= 4 is 0 Å². The van der Waals surface area contributed by atoms with Crippen molar-refractivity contribution in [1.82, 2.24) is 9.88 Å². The molecule has 2 heterocycles. The molecule has 1 aliphatic rings. The van der Waals surface area contributed by atoms with Gasteiger partial charge in [0.2, 0.25) is 0 Å². The molecule has 0 spiro atoms. The van der Waals surface area contributed by atoms with E-state index in [9.17, 15) is 5.11 Å². The van der Waals surface area contributed by atoms with Gasteiger partial charge in [-0.2, -0.15) is 0 Å². The monoisotopic (exact) mass is 388 g/mol. The minimum Gasteiger partial charge on any atom is -0.497 e. The number of nitrogens with zero attached hydrogens (tertiary/aromatic N) is 2. The quantitative estimate of drug-likeness (QED) is 0.669. The van der Waals surface area contributed by atoms with Gasteiger partial charge in [0.25, 0.3) is 0 Å². The highest BCUT2D eigenvalue weighted by Crippen LogP contribution is 2.29. The summed E-state index contributed by atoms with van der Waals surface area (Å²) in [4.78, 5) is 7.51. The number of benzene rings is 2. The maximum atomic E-state index is 9.41. The highest BCUT2D eigenvalue weighted by atomic mass is 16.5. The number of rotatable bonds is 6. The molecule has 0 bridgehead atoms. The number of methoxy groups -OCH3 is 1. The molecule has 1 atom stereocenters. The van der Waals surface area contributed by atoms with Crippen molar-refractivity contribution in [2.45, 2.75) is 31.9 Å². The van der Waals surface area contributed by atoms with Crippen LogP contribution in [0.5, 0.6) is 5.75 Å². The Hall–Kier alpha value is -2.69. The van der Waals surface area contributed by atoms with E-state index in [1.807, 2.05) is 30.3 Å². The van der Waals surface area contributed by atoms with E-state index in [1.165, 1.54) is 18.4 Å². The molecule has 0 unspecified atom stereocenters. The van der Waals surface area contributed by atoms with Gasteiger partial charge >= 0.3 is 0 Å². The first-order chi connectivity index (χ1) is 14.2. The molecule has 1 aromatic heterocycles. The lowest BCUT2D eigenvalue weighted by molar-refractivity contribution is 0.198. The second-order valence-electron chi connectivity index (χ2n) is 7.73. The van der Waals surface area contributed by atoms with Crippen LogP contribution in [0.3, 0.4) is 0 Å². The minimum absolute atomic E-state index is 0.0521. The third-order valence-electron chi connectivity index (χ3n) is 5.66. The molecule has 1 N–H and O–H groups in total. The third kappa shape index (κ3) is 4.84. The lowest BCUT2D eigenvalue weighted by Crippen LogP contribution is -2.34. The molecule has 4 heteroatoms. The molecule has 4 nitrogen and oxygen atoms in total. The summed E-state index contributed by atoms with van der Waals surface area (Å²) in [5.74, 6) is 1.35. The normalized spacial score (nSPS) is 17.2. The predicted molar refractivity (Wildman–Crippen MR) is 116 cm³/mol. The van der Waals surface area contributed by atoms with E-state index >= 15 is 0 Å². The van der Waals surface area contributed by atoms with Crippen LogP contribution in [0.4, 0.5) is 0 Å². The molecule has 1 aliphatic heterocycles. The zero-order chi connectivity index (χ0) is 20.1. The highest BCUT2D eigenvalue weighted by Gasteiger charge is 2.22. The van der Waals surface area contributed by atoms with Gasteiger partial charge in [-0.25, -0.2) is 0 Å². The Kier molecular flexibility index (Phi) is 6.23. The van der Waals surface area contributed by atoms with Gasteiger partial charge in [0.05, 0.1) is 19.4 Å². The smallest absolute Gasteiger partial charge is 0.118 e. The summed E-state index contributed by atoms with van der Waals surface area (Å²) in [6, 6.07) is 22.7. The zero-order valence-corrected chi connectivity index (χ0v) is 16.9. The Morgan fingerprint density at radius 1 is 1.03 bits per heavy atom. The van der Waals surface area contributed by atoms with Crippen molar-refractivity contribution in [2.75, 3.05) is 20.2 Å². The van der Waals surface area contributed by atoms with Gasteiger partial charge in [0, 0.05) is 30.3 Å². The Morgan fingerprint density at radius 3 is 2.66 bits per heavy atom. The summed E-state index contributed by atoms with van der Waals surface area (Å²) in [5.41, 5.74) is 5.43. The lowest BCUT2D eigenvalue weighted by atomic mass is 9.93. The van der Waals surface area contributed by atoms with E-state index in [0.717, 1.165) is 47.9 Å². The fraction of sp³-hybridized carbons (Fsp3) is 0.320. The fourth-order valence-corrected chi connectivity index (χ4v) is 4.10. The number of hydrogen-bond donors (Lipinski definition) is 1. The van der Waals surface area contributed by atoms with E-state index in [-0.39, 0.29) is 6.61 Å². The van der Waals surface area contributed by atoms with Crippen molar-refractivity contribution in [3.8, 4) is 17.0 Å². The molecule has 150 valence electrons. The van der Waals surface area contributed by atoms with Crippen molar-refractivity contribution < 1.29 is 9.84 Å². The Morgan fingerprint density at radius 2 is 1.86 bits per heavy atom. The van der Waals surface area contributed by atoms with Crippen LogP contribution in [0.1, 0.15) is 35.6 Å². The number of aliphatic hydroxyl groups excluding tert-OH is 1. The summed E-state index contributed by atoms with van der Waals surface area (Å²) in [6.45, 7) is 3.16. The number of likely N-dealkylation sites (tertiary alicyclic amines) is 1. The molecular weight excluding hydrogens is 360 g/mol. The molecule has 29 heavy (non-hydrogen) atoms. The SMILES string of the molecule is COc1ccc(CN2CCC[C@H](c3cccc(-c4cccc(CO)c4)n3)C2)cc1. The van der Waals surface area contributed by atoms with Crippen LogP contribution in [0.2, 0.25) is 0 Å². The molecule has 1 fully saturated rings. The van der Waals surface area contributed by atoms with E-state index in [0.29, 0.717) is 5.92 Å². The van der Waals surface area contributed by atoms with Gasteiger partial charge in [0.15, 0.2) is 0 Å². The zero-order valence-electron chi connectivity index (χ0n) is 16.9. The second-order valence-corrected chi connectivity index (χ2v) is 7.73. The Labute approximate surface area is 172 Å². The summed E-state index contributed by atoms with van der Waals surface area (Å²) >= 11 is 0. The maximum absolute atomic E-state index is 9.41. The van der Waals surface area contributed by atoms with Crippen molar-refractivity contribution in [3.63, 3.8) is 0 Å². The number of hydrogen-bond acceptors (Lipinski definition) is 4. The van der Waals surface area contributed by atoms with E-state index in [2.05, 4.69) is 41.3 Å².